The van der Waals surface area contributed by atoms with E-state index in [4.69, 9.17) is 4.74 Å². The maximum absolute atomic E-state index is 12.7. The highest BCUT2D eigenvalue weighted by molar-refractivity contribution is 14.0. The van der Waals surface area contributed by atoms with Gasteiger partial charge in [-0.1, -0.05) is 12.1 Å². The highest BCUT2D eigenvalue weighted by Crippen LogP contribution is 2.30. The number of nitrogens with one attached hydrogen (secondary N) is 2. The van der Waals surface area contributed by atoms with Gasteiger partial charge in [-0.05, 0) is 38.7 Å². The molecule has 2 rings (SSSR count). The minimum atomic E-state index is -4.43. The van der Waals surface area contributed by atoms with Crippen LogP contribution in [-0.4, -0.2) is 50.1 Å². The van der Waals surface area contributed by atoms with E-state index in [1.54, 1.807) is 7.11 Å². The summed E-state index contributed by atoms with van der Waals surface area (Å²) >= 11 is 0.951. The third-order valence-corrected chi connectivity index (χ3v) is 4.96. The smallest absolute Gasteiger partial charge is 0.434 e. The fraction of sp³-hybridized carbons (Fsp3) is 0.474. The molecule has 0 radical (unpaired) electrons. The van der Waals surface area contributed by atoms with Crippen LogP contribution < -0.4 is 15.4 Å². The molecule has 2 aromatic rings. The first-order valence-corrected chi connectivity index (χ1v) is 9.96. The molecule has 0 aliphatic carbocycles. The van der Waals surface area contributed by atoms with E-state index < -0.39 is 11.9 Å². The molecule has 6 nitrogen and oxygen atoms in total. The number of guanidine groups is 1. The van der Waals surface area contributed by atoms with Crippen LogP contribution in [0.1, 0.15) is 29.2 Å². The number of alkyl halides is 3. The number of methoxy groups -OCH3 is 1. The summed E-state index contributed by atoms with van der Waals surface area (Å²) in [7, 11) is 5.58. The topological polar surface area (TPSA) is 61.8 Å². The minimum absolute atomic E-state index is 0. The average Bonchev–Trinajstić information content (AvgIpc) is 3.15. The molecule has 0 fully saturated rings. The largest absolute Gasteiger partial charge is 0.497 e. The molecule has 0 spiro atoms. The van der Waals surface area contributed by atoms with Crippen LogP contribution in [0.2, 0.25) is 0 Å². The van der Waals surface area contributed by atoms with Gasteiger partial charge >= 0.3 is 6.18 Å². The molecule has 168 valence electrons. The fourth-order valence-electron chi connectivity index (χ4n) is 2.64. The predicted molar refractivity (Wildman–Crippen MR) is 125 cm³/mol. The summed E-state index contributed by atoms with van der Waals surface area (Å²) in [4.78, 5) is 10.1. The lowest BCUT2D eigenvalue weighted by Gasteiger charge is -2.26. The molecule has 0 aliphatic rings. The number of benzene rings is 1. The molecule has 30 heavy (non-hydrogen) atoms. The number of likely N-dealkylation sites (N-methyl/N-ethyl adjacent to an activating group) is 1. The van der Waals surface area contributed by atoms with Gasteiger partial charge in [0.25, 0.3) is 0 Å². The van der Waals surface area contributed by atoms with Crippen molar-refractivity contribution in [3.63, 3.8) is 0 Å². The molecule has 0 bridgehead atoms. The molecular weight excluding hydrogens is 530 g/mol. The summed E-state index contributed by atoms with van der Waals surface area (Å²) < 4.78 is 43.4. The first kappa shape index (κ1) is 26.4. The highest BCUT2D eigenvalue weighted by Gasteiger charge is 2.33. The molecule has 1 aromatic heterocycles. The Morgan fingerprint density at radius 1 is 1.30 bits per heavy atom. The van der Waals surface area contributed by atoms with E-state index in [1.165, 1.54) is 0 Å². The average molecular weight is 557 g/mol. The molecule has 0 saturated heterocycles. The molecule has 1 atom stereocenters. The van der Waals surface area contributed by atoms with Crippen molar-refractivity contribution in [1.29, 1.82) is 0 Å². The van der Waals surface area contributed by atoms with Crippen LogP contribution in [-0.2, 0) is 12.7 Å². The van der Waals surface area contributed by atoms with Gasteiger partial charge in [0.15, 0.2) is 11.7 Å². The number of hydrogen-bond acceptors (Lipinski definition) is 5. The SMILES string of the molecule is CCNC(=NCc1nc(C(F)(F)F)cs1)NCC(c1cccc(OC)c1)N(C)C.I. The van der Waals surface area contributed by atoms with Crippen LogP contribution >= 0.6 is 35.3 Å². The van der Waals surface area contributed by atoms with E-state index >= 15 is 0 Å². The monoisotopic (exact) mass is 557 g/mol. The maximum Gasteiger partial charge on any atom is 0.434 e. The van der Waals surface area contributed by atoms with Crippen LogP contribution in [0.4, 0.5) is 13.2 Å². The molecule has 1 aromatic carbocycles. The van der Waals surface area contributed by atoms with Gasteiger partial charge < -0.3 is 20.3 Å². The predicted octanol–water partition coefficient (Wildman–Crippen LogP) is 4.15. The Bertz CT molecular complexity index is 813. The van der Waals surface area contributed by atoms with Gasteiger partial charge in [0, 0.05) is 18.5 Å². The molecule has 11 heteroatoms. The van der Waals surface area contributed by atoms with Crippen molar-refractivity contribution in [2.45, 2.75) is 25.7 Å². The molecule has 0 aliphatic heterocycles. The van der Waals surface area contributed by atoms with Crippen LogP contribution in [0.3, 0.4) is 0 Å². The quantitative estimate of drug-likeness (QED) is 0.290. The van der Waals surface area contributed by atoms with Crippen LogP contribution in [0.15, 0.2) is 34.6 Å². The van der Waals surface area contributed by atoms with Gasteiger partial charge in [-0.2, -0.15) is 13.2 Å². The van der Waals surface area contributed by atoms with Crippen molar-refractivity contribution >= 4 is 41.3 Å². The summed E-state index contributed by atoms with van der Waals surface area (Å²) in [5.41, 5.74) is 0.198. The fourth-order valence-corrected chi connectivity index (χ4v) is 3.37. The van der Waals surface area contributed by atoms with E-state index in [0.717, 1.165) is 28.0 Å². The normalized spacial score (nSPS) is 13.0. The number of thiazole rings is 1. The van der Waals surface area contributed by atoms with Crippen molar-refractivity contribution in [1.82, 2.24) is 20.5 Å². The Morgan fingerprint density at radius 2 is 2.03 bits per heavy atom. The van der Waals surface area contributed by atoms with E-state index in [9.17, 15) is 13.2 Å². The summed E-state index contributed by atoms with van der Waals surface area (Å²) in [6.07, 6.45) is -4.43. The second-order valence-electron chi connectivity index (χ2n) is 6.46. The summed E-state index contributed by atoms with van der Waals surface area (Å²) in [5.74, 6) is 1.30. The minimum Gasteiger partial charge on any atom is -0.497 e. The number of rotatable bonds is 8. The van der Waals surface area contributed by atoms with Gasteiger partial charge in [-0.3, -0.25) is 0 Å². The zero-order chi connectivity index (χ0) is 21.4. The lowest BCUT2D eigenvalue weighted by atomic mass is 10.1. The van der Waals surface area contributed by atoms with Gasteiger partial charge in [-0.15, -0.1) is 35.3 Å². The summed E-state index contributed by atoms with van der Waals surface area (Å²) in [5, 5.41) is 7.69. The van der Waals surface area contributed by atoms with Crippen LogP contribution in [0.5, 0.6) is 5.75 Å². The number of nitrogens with zero attached hydrogens (tertiary/aromatic N) is 3. The third kappa shape index (κ3) is 7.91. The zero-order valence-electron chi connectivity index (χ0n) is 17.3. The summed E-state index contributed by atoms with van der Waals surface area (Å²) in [6, 6.07) is 7.87. The Morgan fingerprint density at radius 3 is 2.60 bits per heavy atom. The lowest BCUT2D eigenvalue weighted by molar-refractivity contribution is -0.140. The molecule has 0 amide bonds. The van der Waals surface area contributed by atoms with Crippen molar-refractivity contribution in [3.8, 4) is 5.75 Å². The number of aromatic nitrogens is 1. The van der Waals surface area contributed by atoms with Gasteiger partial charge in [0.05, 0.1) is 19.7 Å². The highest BCUT2D eigenvalue weighted by atomic mass is 127. The number of aliphatic imine (C=N–C) groups is 1. The van der Waals surface area contributed by atoms with E-state index in [0.29, 0.717) is 24.1 Å². The summed E-state index contributed by atoms with van der Waals surface area (Å²) in [6.45, 7) is 3.18. The molecule has 2 N–H and O–H groups in total. The maximum atomic E-state index is 12.7. The zero-order valence-corrected chi connectivity index (χ0v) is 20.4. The van der Waals surface area contributed by atoms with Gasteiger partial charge in [0.1, 0.15) is 10.8 Å². The van der Waals surface area contributed by atoms with Crippen molar-refractivity contribution in [3.05, 3.63) is 45.9 Å². The number of halogens is 4. The van der Waals surface area contributed by atoms with Crippen LogP contribution in [0.25, 0.3) is 0 Å². The van der Waals surface area contributed by atoms with Gasteiger partial charge in [-0.25, -0.2) is 9.98 Å². The van der Waals surface area contributed by atoms with Gasteiger partial charge in [0.2, 0.25) is 0 Å². The Labute approximate surface area is 196 Å². The lowest BCUT2D eigenvalue weighted by Crippen LogP contribution is -2.41. The van der Waals surface area contributed by atoms with E-state index in [1.807, 2.05) is 45.3 Å². The first-order valence-electron chi connectivity index (χ1n) is 9.08. The second-order valence-corrected chi connectivity index (χ2v) is 7.40. The third-order valence-electron chi connectivity index (χ3n) is 4.12. The standard InChI is InChI=1S/C19H26F3N5OS.HI/c1-5-23-18(25-11-17-26-16(12-29-17)19(20,21)22)24-10-15(27(2)3)13-7-6-8-14(9-13)28-4;/h6-9,12,15H,5,10-11H2,1-4H3,(H2,23,24,25);1H. The molecule has 1 unspecified atom stereocenters. The van der Waals surface area contributed by atoms with Crippen LogP contribution in [0, 0.1) is 0 Å². The van der Waals surface area contributed by atoms with E-state index in [-0.39, 0.29) is 36.6 Å². The van der Waals surface area contributed by atoms with E-state index in [2.05, 4.69) is 25.5 Å². The molecular formula is C19H27F3IN5OS. The van der Waals surface area contributed by atoms with Crippen molar-refractivity contribution in [2.75, 3.05) is 34.3 Å². The first-order chi connectivity index (χ1) is 13.7. The van der Waals surface area contributed by atoms with Crippen molar-refractivity contribution in [2.24, 2.45) is 4.99 Å². The second kappa shape index (κ2) is 12.3. The molecule has 0 saturated carbocycles. The Hall–Kier alpha value is -1.60. The van der Waals surface area contributed by atoms with Crippen molar-refractivity contribution < 1.29 is 17.9 Å². The Balaban J connectivity index is 0.00000450. The number of ether oxygens (including phenoxy) is 1. The Kier molecular flexibility index (Phi) is 10.8. The molecule has 1 heterocycles. The number of hydrogen-bond donors (Lipinski definition) is 2.